The van der Waals surface area contributed by atoms with Crippen LogP contribution in [-0.2, 0) is 11.2 Å². The third-order valence-corrected chi connectivity index (χ3v) is 3.71. The largest absolute Gasteiger partial charge is 0.354 e. The van der Waals surface area contributed by atoms with Crippen LogP contribution in [0.5, 0.6) is 0 Å². The Kier molecular flexibility index (Phi) is 5.98. The molecule has 0 fully saturated rings. The van der Waals surface area contributed by atoms with E-state index in [0.29, 0.717) is 18.8 Å². The highest BCUT2D eigenvalue weighted by Gasteiger charge is 2.08. The average molecular weight is 334 g/mol. The highest BCUT2D eigenvalue weighted by Crippen LogP contribution is 2.19. The van der Waals surface area contributed by atoms with Crippen molar-refractivity contribution >= 4 is 23.3 Å². The number of carbonyl (C=O) groups excluding carboxylic acids is 2. The average Bonchev–Trinajstić information content (AvgIpc) is 3.02. The molecule has 2 N–H and O–H groups in total. The van der Waals surface area contributed by atoms with Gasteiger partial charge in [-0.2, -0.15) is 0 Å². The molecule has 2 aromatic heterocycles. The summed E-state index contributed by atoms with van der Waals surface area (Å²) in [7, 11) is 3.23. The van der Waals surface area contributed by atoms with E-state index in [4.69, 9.17) is 0 Å². The van der Waals surface area contributed by atoms with Crippen molar-refractivity contribution in [2.75, 3.05) is 27.2 Å². The topological polar surface area (TPSA) is 100 Å². The molecule has 2 aromatic rings. The van der Waals surface area contributed by atoms with Crippen molar-refractivity contribution in [1.29, 1.82) is 0 Å². The summed E-state index contributed by atoms with van der Waals surface area (Å²) in [6.07, 6.45) is 3.95. The molecule has 0 unspecified atom stereocenters. The molecular weight excluding hydrogens is 316 g/mol. The Morgan fingerprint density at radius 1 is 1.22 bits per heavy atom. The smallest absolute Gasteiger partial charge is 0.317 e. The maximum Gasteiger partial charge on any atom is 0.317 e. The van der Waals surface area contributed by atoms with E-state index in [1.54, 1.807) is 32.6 Å². The van der Waals surface area contributed by atoms with E-state index >= 15 is 0 Å². The lowest BCUT2D eigenvalue weighted by Crippen LogP contribution is -2.41. The molecule has 0 aromatic carbocycles. The Bertz CT molecular complexity index is 658. The van der Waals surface area contributed by atoms with Crippen molar-refractivity contribution in [3.63, 3.8) is 0 Å². The van der Waals surface area contributed by atoms with Crippen LogP contribution in [0.2, 0.25) is 0 Å². The number of thiazole rings is 1. The first-order valence-electron chi connectivity index (χ1n) is 7.00. The van der Waals surface area contributed by atoms with Crippen LogP contribution in [0.1, 0.15) is 5.69 Å². The monoisotopic (exact) mass is 334 g/mol. The van der Waals surface area contributed by atoms with E-state index in [2.05, 4.69) is 25.6 Å². The van der Waals surface area contributed by atoms with Crippen molar-refractivity contribution < 1.29 is 9.59 Å². The SMILES string of the molecule is CN(C)C(=O)NCC(=O)NCCc1csc(-c2ncccn2)n1. The van der Waals surface area contributed by atoms with Gasteiger partial charge in [0, 0.05) is 44.8 Å². The van der Waals surface area contributed by atoms with Crippen LogP contribution in [-0.4, -0.2) is 59.0 Å². The number of urea groups is 1. The van der Waals surface area contributed by atoms with Crippen LogP contribution < -0.4 is 10.6 Å². The second-order valence-electron chi connectivity index (χ2n) is 4.87. The van der Waals surface area contributed by atoms with Gasteiger partial charge in [0.15, 0.2) is 10.8 Å². The third kappa shape index (κ3) is 5.29. The van der Waals surface area contributed by atoms with Gasteiger partial charge in [-0.05, 0) is 6.07 Å². The number of carbonyl (C=O) groups is 2. The summed E-state index contributed by atoms with van der Waals surface area (Å²) < 4.78 is 0. The molecule has 122 valence electrons. The molecule has 2 heterocycles. The maximum atomic E-state index is 11.6. The molecule has 0 atom stereocenters. The normalized spacial score (nSPS) is 10.2. The predicted molar refractivity (Wildman–Crippen MR) is 86.9 cm³/mol. The van der Waals surface area contributed by atoms with Crippen molar-refractivity contribution in [3.8, 4) is 10.8 Å². The highest BCUT2D eigenvalue weighted by atomic mass is 32.1. The summed E-state index contributed by atoms with van der Waals surface area (Å²) >= 11 is 1.47. The van der Waals surface area contributed by atoms with Crippen LogP contribution in [0.4, 0.5) is 4.79 Å². The Balaban J connectivity index is 1.74. The van der Waals surface area contributed by atoms with Crippen LogP contribution in [0.25, 0.3) is 10.8 Å². The molecule has 23 heavy (non-hydrogen) atoms. The number of aromatic nitrogens is 3. The molecule has 9 heteroatoms. The molecule has 0 aliphatic heterocycles. The van der Waals surface area contributed by atoms with Crippen molar-refractivity contribution in [1.82, 2.24) is 30.5 Å². The fourth-order valence-electron chi connectivity index (χ4n) is 1.64. The van der Waals surface area contributed by atoms with Gasteiger partial charge in [-0.25, -0.2) is 19.7 Å². The van der Waals surface area contributed by atoms with Gasteiger partial charge in [-0.1, -0.05) is 0 Å². The fourth-order valence-corrected chi connectivity index (χ4v) is 2.44. The van der Waals surface area contributed by atoms with Gasteiger partial charge in [0.25, 0.3) is 0 Å². The van der Waals surface area contributed by atoms with Gasteiger partial charge in [0.2, 0.25) is 5.91 Å². The zero-order valence-electron chi connectivity index (χ0n) is 12.9. The van der Waals surface area contributed by atoms with E-state index in [0.717, 1.165) is 10.7 Å². The molecule has 2 rings (SSSR count). The number of hydrogen-bond acceptors (Lipinski definition) is 6. The van der Waals surface area contributed by atoms with Gasteiger partial charge in [-0.3, -0.25) is 4.79 Å². The fraction of sp³-hybridized carbons (Fsp3) is 0.357. The van der Waals surface area contributed by atoms with E-state index in [1.807, 2.05) is 5.38 Å². The van der Waals surface area contributed by atoms with Crippen LogP contribution in [0.15, 0.2) is 23.8 Å². The number of amides is 3. The maximum absolute atomic E-state index is 11.6. The lowest BCUT2D eigenvalue weighted by atomic mass is 10.3. The third-order valence-electron chi connectivity index (χ3n) is 2.82. The van der Waals surface area contributed by atoms with E-state index < -0.39 is 0 Å². The number of nitrogens with one attached hydrogen (secondary N) is 2. The van der Waals surface area contributed by atoms with Crippen LogP contribution >= 0.6 is 11.3 Å². The summed E-state index contributed by atoms with van der Waals surface area (Å²) in [6.45, 7) is 0.409. The minimum Gasteiger partial charge on any atom is -0.354 e. The van der Waals surface area contributed by atoms with Gasteiger partial charge < -0.3 is 15.5 Å². The molecule has 8 nitrogen and oxygen atoms in total. The predicted octanol–water partition coefficient (Wildman–Crippen LogP) is 0.530. The first-order chi connectivity index (χ1) is 11.1. The summed E-state index contributed by atoms with van der Waals surface area (Å²) in [5, 5.41) is 7.91. The van der Waals surface area contributed by atoms with Gasteiger partial charge in [0.1, 0.15) is 0 Å². The van der Waals surface area contributed by atoms with E-state index in [9.17, 15) is 9.59 Å². The quantitative estimate of drug-likeness (QED) is 0.803. The standard InChI is InChI=1S/C14H18N6O2S/c1-20(2)14(22)18-8-11(21)15-7-4-10-9-23-13(19-10)12-16-5-3-6-17-12/h3,5-6,9H,4,7-8H2,1-2H3,(H,15,21)(H,18,22). The molecule has 0 bridgehead atoms. The first kappa shape index (κ1) is 16.8. The second kappa shape index (κ2) is 8.18. The van der Waals surface area contributed by atoms with Crippen molar-refractivity contribution in [3.05, 3.63) is 29.5 Å². The van der Waals surface area contributed by atoms with Gasteiger partial charge in [-0.15, -0.1) is 11.3 Å². The molecule has 0 saturated heterocycles. The minimum absolute atomic E-state index is 0.0445. The van der Waals surface area contributed by atoms with Crippen molar-refractivity contribution in [2.45, 2.75) is 6.42 Å². The summed E-state index contributed by atoms with van der Waals surface area (Å²) in [5.41, 5.74) is 0.870. The summed E-state index contributed by atoms with van der Waals surface area (Å²) in [6, 6.07) is 1.45. The first-order valence-corrected chi connectivity index (χ1v) is 7.88. The Labute approximate surface area is 138 Å². The molecule has 0 saturated carbocycles. The lowest BCUT2D eigenvalue weighted by molar-refractivity contribution is -0.120. The zero-order valence-corrected chi connectivity index (χ0v) is 13.8. The summed E-state index contributed by atoms with van der Waals surface area (Å²) in [5.74, 6) is 0.362. The number of rotatable bonds is 6. The molecule has 0 radical (unpaired) electrons. The number of nitrogens with zero attached hydrogens (tertiary/aromatic N) is 4. The Morgan fingerprint density at radius 3 is 2.65 bits per heavy atom. The molecule has 0 spiro atoms. The van der Waals surface area contributed by atoms with E-state index in [-0.39, 0.29) is 18.5 Å². The summed E-state index contributed by atoms with van der Waals surface area (Å²) in [4.78, 5) is 37.0. The van der Waals surface area contributed by atoms with Gasteiger partial charge in [0.05, 0.1) is 12.2 Å². The highest BCUT2D eigenvalue weighted by molar-refractivity contribution is 7.13. The molecule has 0 aliphatic carbocycles. The zero-order chi connectivity index (χ0) is 16.7. The Morgan fingerprint density at radius 2 is 1.96 bits per heavy atom. The van der Waals surface area contributed by atoms with Crippen molar-refractivity contribution in [2.24, 2.45) is 0 Å². The van der Waals surface area contributed by atoms with E-state index in [1.165, 1.54) is 16.2 Å². The van der Waals surface area contributed by atoms with Crippen LogP contribution in [0.3, 0.4) is 0 Å². The molecule has 0 aliphatic rings. The molecule has 3 amide bonds. The second-order valence-corrected chi connectivity index (χ2v) is 5.73. The van der Waals surface area contributed by atoms with Crippen LogP contribution in [0, 0.1) is 0 Å². The lowest BCUT2D eigenvalue weighted by Gasteiger charge is -2.11. The minimum atomic E-state index is -0.299. The number of hydrogen-bond donors (Lipinski definition) is 2. The Hall–Kier alpha value is -2.55. The van der Waals surface area contributed by atoms with Gasteiger partial charge >= 0.3 is 6.03 Å². The molecular formula is C14H18N6O2S.